The van der Waals surface area contributed by atoms with Crippen molar-refractivity contribution in [3.05, 3.63) is 54.1 Å². The Morgan fingerprint density at radius 1 is 1.00 bits per heavy atom. The lowest BCUT2D eigenvalue weighted by Crippen LogP contribution is -2.08. The highest BCUT2D eigenvalue weighted by atomic mass is 19.3. The highest BCUT2D eigenvalue weighted by Gasteiger charge is 2.08. The molecule has 0 radical (unpaired) electrons. The number of rotatable bonds is 11. The van der Waals surface area contributed by atoms with Gasteiger partial charge >= 0.3 is 6.61 Å². The van der Waals surface area contributed by atoms with E-state index in [4.69, 9.17) is 9.47 Å². The van der Waals surface area contributed by atoms with Gasteiger partial charge in [-0.25, -0.2) is 0 Å². The minimum absolute atomic E-state index is 0.0617. The van der Waals surface area contributed by atoms with Gasteiger partial charge in [-0.2, -0.15) is 8.78 Å². The van der Waals surface area contributed by atoms with Crippen LogP contribution in [0.2, 0.25) is 0 Å². The Balaban J connectivity index is 2.00. The van der Waals surface area contributed by atoms with E-state index < -0.39 is 6.61 Å². The molecule has 0 saturated carbocycles. The summed E-state index contributed by atoms with van der Waals surface area (Å²) in [4.78, 5) is 12.2. The minimum Gasteiger partial charge on any atom is -0.490 e. The predicted molar refractivity (Wildman–Crippen MR) is 109 cm³/mol. The Labute approximate surface area is 169 Å². The van der Waals surface area contributed by atoms with Gasteiger partial charge < -0.3 is 19.5 Å². The van der Waals surface area contributed by atoms with Crippen LogP contribution < -0.4 is 19.5 Å². The molecular weight excluding hydrogens is 380 g/mol. The Kier molecular flexibility index (Phi) is 8.95. The van der Waals surface area contributed by atoms with Crippen LogP contribution in [0, 0.1) is 0 Å². The van der Waals surface area contributed by atoms with Crippen molar-refractivity contribution in [1.82, 2.24) is 0 Å². The first-order chi connectivity index (χ1) is 14.0. The van der Waals surface area contributed by atoms with Gasteiger partial charge in [-0.1, -0.05) is 26.0 Å². The molecule has 0 saturated heterocycles. The topological polar surface area (TPSA) is 56.8 Å². The molecule has 0 spiro atoms. The first kappa shape index (κ1) is 22.2. The number of amides is 1. The summed E-state index contributed by atoms with van der Waals surface area (Å²) in [6.07, 6.45) is 4.67. The third-order valence-electron chi connectivity index (χ3n) is 3.67. The van der Waals surface area contributed by atoms with E-state index in [0.717, 1.165) is 12.8 Å². The van der Waals surface area contributed by atoms with Crippen LogP contribution in [0.25, 0.3) is 6.08 Å². The van der Waals surface area contributed by atoms with Crippen LogP contribution in [0.5, 0.6) is 17.2 Å². The third kappa shape index (κ3) is 7.81. The third-order valence-corrected chi connectivity index (χ3v) is 3.67. The molecule has 0 aliphatic heterocycles. The van der Waals surface area contributed by atoms with Crippen molar-refractivity contribution in [1.29, 1.82) is 0 Å². The van der Waals surface area contributed by atoms with E-state index in [0.29, 0.717) is 36.0 Å². The number of carbonyl (C=O) groups is 1. The van der Waals surface area contributed by atoms with E-state index in [2.05, 4.69) is 10.1 Å². The predicted octanol–water partition coefficient (Wildman–Crippen LogP) is 5.52. The van der Waals surface area contributed by atoms with Crippen LogP contribution in [0.3, 0.4) is 0 Å². The molecule has 0 heterocycles. The van der Waals surface area contributed by atoms with Gasteiger partial charge in [0.1, 0.15) is 5.75 Å². The number of carbonyl (C=O) groups excluding carboxylic acids is 1. The van der Waals surface area contributed by atoms with E-state index in [1.165, 1.54) is 18.2 Å². The molecule has 0 aromatic heterocycles. The van der Waals surface area contributed by atoms with Crippen LogP contribution in [0.15, 0.2) is 48.5 Å². The first-order valence-corrected chi connectivity index (χ1v) is 9.45. The fourth-order valence-corrected chi connectivity index (χ4v) is 2.36. The molecule has 1 N–H and O–H groups in total. The smallest absolute Gasteiger partial charge is 0.387 e. The van der Waals surface area contributed by atoms with Gasteiger partial charge in [-0.15, -0.1) is 0 Å². The number of anilines is 1. The lowest BCUT2D eigenvalue weighted by atomic mass is 10.2. The molecule has 2 aromatic rings. The summed E-state index contributed by atoms with van der Waals surface area (Å²) in [5.74, 6) is 0.949. The Hall–Kier alpha value is -3.09. The molecule has 0 aliphatic rings. The van der Waals surface area contributed by atoms with E-state index in [1.54, 1.807) is 36.4 Å². The summed E-state index contributed by atoms with van der Waals surface area (Å²) in [6, 6.07) is 11.2. The van der Waals surface area contributed by atoms with Crippen LogP contribution in [-0.2, 0) is 4.79 Å². The molecule has 2 rings (SSSR count). The van der Waals surface area contributed by atoms with E-state index >= 15 is 0 Å². The van der Waals surface area contributed by atoms with Gasteiger partial charge in [-0.05, 0) is 48.7 Å². The summed E-state index contributed by atoms with van der Waals surface area (Å²) in [5, 5.41) is 2.76. The largest absolute Gasteiger partial charge is 0.490 e. The number of alkyl halides is 2. The highest BCUT2D eigenvalue weighted by Crippen LogP contribution is 2.31. The number of benzene rings is 2. The minimum atomic E-state index is -2.87. The molecule has 0 atom stereocenters. The molecular formula is C22H25F2NO4. The van der Waals surface area contributed by atoms with Crippen molar-refractivity contribution in [2.24, 2.45) is 0 Å². The zero-order valence-corrected chi connectivity index (χ0v) is 16.5. The van der Waals surface area contributed by atoms with Gasteiger partial charge in [0, 0.05) is 17.8 Å². The Bertz CT molecular complexity index is 807. The van der Waals surface area contributed by atoms with Crippen molar-refractivity contribution in [2.45, 2.75) is 33.3 Å². The maximum Gasteiger partial charge on any atom is 0.387 e. The van der Waals surface area contributed by atoms with Crippen LogP contribution in [0.4, 0.5) is 14.5 Å². The molecule has 7 heteroatoms. The van der Waals surface area contributed by atoms with Gasteiger partial charge in [0.2, 0.25) is 5.91 Å². The van der Waals surface area contributed by atoms with Gasteiger partial charge in [0.05, 0.1) is 13.2 Å². The number of hydrogen-bond donors (Lipinski definition) is 1. The van der Waals surface area contributed by atoms with Crippen LogP contribution in [0.1, 0.15) is 32.3 Å². The van der Waals surface area contributed by atoms with Crippen molar-refractivity contribution in [2.75, 3.05) is 18.5 Å². The summed E-state index contributed by atoms with van der Waals surface area (Å²) in [7, 11) is 0. The average molecular weight is 405 g/mol. The monoisotopic (exact) mass is 405 g/mol. The lowest BCUT2D eigenvalue weighted by Gasteiger charge is -2.13. The summed E-state index contributed by atoms with van der Waals surface area (Å²) in [5.41, 5.74) is 1.26. The standard InChI is InChI=1S/C22H25F2NO4/c1-3-13-27-19-11-8-17(15-20(19)28-14-4-2)25-21(26)12-7-16-5-9-18(10-6-16)29-22(23)24/h5-12,15,22H,3-4,13-14H2,1-2H3,(H,25,26)/b12-7+. The van der Waals surface area contributed by atoms with Gasteiger partial charge in [0.15, 0.2) is 11.5 Å². The van der Waals surface area contributed by atoms with E-state index in [1.807, 2.05) is 13.8 Å². The number of hydrogen-bond acceptors (Lipinski definition) is 4. The zero-order valence-electron chi connectivity index (χ0n) is 16.5. The molecule has 0 fully saturated rings. The Morgan fingerprint density at radius 2 is 1.66 bits per heavy atom. The summed E-state index contributed by atoms with van der Waals surface area (Å²) < 4.78 is 40.0. The maximum atomic E-state index is 12.2. The van der Waals surface area contributed by atoms with Crippen molar-refractivity contribution >= 4 is 17.7 Å². The quantitative estimate of drug-likeness (QED) is 0.500. The second-order valence-electron chi connectivity index (χ2n) is 6.13. The normalized spacial score (nSPS) is 10.9. The first-order valence-electron chi connectivity index (χ1n) is 9.45. The van der Waals surface area contributed by atoms with Crippen molar-refractivity contribution in [3.8, 4) is 17.2 Å². The molecule has 0 unspecified atom stereocenters. The van der Waals surface area contributed by atoms with E-state index in [-0.39, 0.29) is 11.7 Å². The zero-order chi connectivity index (χ0) is 21.1. The summed E-state index contributed by atoms with van der Waals surface area (Å²) in [6.45, 7) is 2.29. The number of nitrogens with one attached hydrogen (secondary N) is 1. The second kappa shape index (κ2) is 11.7. The van der Waals surface area contributed by atoms with Crippen LogP contribution in [-0.4, -0.2) is 25.7 Å². The number of halogens is 2. The fourth-order valence-electron chi connectivity index (χ4n) is 2.36. The second-order valence-corrected chi connectivity index (χ2v) is 6.13. The fraction of sp³-hybridized carbons (Fsp3) is 0.318. The molecule has 1 amide bonds. The lowest BCUT2D eigenvalue weighted by molar-refractivity contribution is -0.111. The highest BCUT2D eigenvalue weighted by molar-refractivity contribution is 6.02. The van der Waals surface area contributed by atoms with Gasteiger partial charge in [0.25, 0.3) is 0 Å². The summed E-state index contributed by atoms with van der Waals surface area (Å²) >= 11 is 0. The molecule has 5 nitrogen and oxygen atoms in total. The molecule has 29 heavy (non-hydrogen) atoms. The molecule has 0 bridgehead atoms. The maximum absolute atomic E-state index is 12.2. The van der Waals surface area contributed by atoms with Gasteiger partial charge in [-0.3, -0.25) is 4.79 Å². The molecule has 2 aromatic carbocycles. The molecule has 156 valence electrons. The van der Waals surface area contributed by atoms with Crippen molar-refractivity contribution in [3.63, 3.8) is 0 Å². The number of ether oxygens (including phenoxy) is 3. The SMILES string of the molecule is CCCOc1ccc(NC(=O)/C=C/c2ccc(OC(F)F)cc2)cc1OCCC. The molecule has 0 aliphatic carbocycles. The van der Waals surface area contributed by atoms with Crippen LogP contribution >= 0.6 is 0 Å². The van der Waals surface area contributed by atoms with E-state index in [9.17, 15) is 13.6 Å². The average Bonchev–Trinajstić information content (AvgIpc) is 2.70. The van der Waals surface area contributed by atoms with Crippen molar-refractivity contribution < 1.29 is 27.8 Å². The Morgan fingerprint density at radius 3 is 2.28 bits per heavy atom.